The number of nitro benzene ring substituents is 1. The Kier molecular flexibility index (Phi) is 3.46. The first-order valence-corrected chi connectivity index (χ1v) is 5.66. The molecule has 0 bridgehead atoms. The lowest BCUT2D eigenvalue weighted by Crippen LogP contribution is -2.02. The zero-order valence-corrected chi connectivity index (χ0v) is 10.5. The smallest absolute Gasteiger partial charge is 0.274 e. The molecule has 0 aliphatic heterocycles. The Balaban J connectivity index is 2.18. The second-order valence-electron chi connectivity index (χ2n) is 4.22. The van der Waals surface area contributed by atoms with Crippen LogP contribution in [0.4, 0.5) is 15.8 Å². The van der Waals surface area contributed by atoms with Crippen molar-refractivity contribution in [3.05, 3.63) is 51.1 Å². The van der Waals surface area contributed by atoms with E-state index < -0.39 is 10.7 Å². The van der Waals surface area contributed by atoms with Crippen molar-refractivity contribution in [2.75, 3.05) is 5.32 Å². The molecule has 2 aromatic rings. The molecular weight excluding hydrogens is 251 g/mol. The van der Waals surface area contributed by atoms with Gasteiger partial charge >= 0.3 is 0 Å². The summed E-state index contributed by atoms with van der Waals surface area (Å²) in [5, 5.41) is 20.5. The molecule has 0 aliphatic carbocycles. The van der Waals surface area contributed by atoms with Gasteiger partial charge < -0.3 is 5.32 Å². The first kappa shape index (κ1) is 13.0. The summed E-state index contributed by atoms with van der Waals surface area (Å²) in [7, 11) is 0. The molecule has 6 nitrogen and oxygen atoms in total. The molecule has 1 aromatic carbocycles. The maximum atomic E-state index is 13.2. The van der Waals surface area contributed by atoms with Crippen LogP contribution >= 0.6 is 0 Å². The number of aromatic nitrogens is 2. The van der Waals surface area contributed by atoms with Crippen LogP contribution in [0.1, 0.15) is 17.0 Å². The second-order valence-corrected chi connectivity index (χ2v) is 4.22. The molecule has 0 amide bonds. The Morgan fingerprint density at radius 3 is 2.74 bits per heavy atom. The highest BCUT2D eigenvalue weighted by Crippen LogP contribution is 2.21. The lowest BCUT2D eigenvalue weighted by molar-refractivity contribution is -0.385. The van der Waals surface area contributed by atoms with Crippen LogP contribution in [0, 0.1) is 29.8 Å². The molecule has 0 radical (unpaired) electrons. The molecule has 100 valence electrons. The van der Waals surface area contributed by atoms with Gasteiger partial charge in [0, 0.05) is 29.6 Å². The normalized spacial score (nSPS) is 10.5. The van der Waals surface area contributed by atoms with Gasteiger partial charge in [0.2, 0.25) is 0 Å². The molecule has 2 rings (SSSR count). The van der Waals surface area contributed by atoms with E-state index in [1.165, 1.54) is 12.1 Å². The fourth-order valence-electron chi connectivity index (χ4n) is 1.81. The molecule has 0 atom stereocenters. The van der Waals surface area contributed by atoms with Gasteiger partial charge in [-0.05, 0) is 19.9 Å². The Morgan fingerprint density at radius 2 is 2.16 bits per heavy atom. The number of H-pyrrole nitrogens is 1. The first-order chi connectivity index (χ1) is 8.97. The van der Waals surface area contributed by atoms with Crippen molar-refractivity contribution < 1.29 is 9.31 Å². The fraction of sp³-hybridized carbons (Fsp3) is 0.250. The number of nitrogens with one attached hydrogen (secondary N) is 2. The van der Waals surface area contributed by atoms with E-state index in [-0.39, 0.29) is 5.69 Å². The standard InChI is InChI=1S/C12H13FN4O2/c1-7-12(8(2)16-15-7)6-14-10-3-9(13)4-11(5-10)17(18)19/h3-5,14H,6H2,1-2H3,(H,15,16). The number of rotatable bonds is 4. The lowest BCUT2D eigenvalue weighted by atomic mass is 10.2. The van der Waals surface area contributed by atoms with Gasteiger partial charge in [0.25, 0.3) is 5.69 Å². The Hall–Kier alpha value is -2.44. The van der Waals surface area contributed by atoms with Crippen molar-refractivity contribution in [3.8, 4) is 0 Å². The average Bonchev–Trinajstić information content (AvgIpc) is 2.66. The predicted octanol–water partition coefficient (Wildman–Crippen LogP) is 2.69. The van der Waals surface area contributed by atoms with Gasteiger partial charge in [0.05, 0.1) is 16.7 Å². The zero-order chi connectivity index (χ0) is 14.0. The molecule has 0 saturated heterocycles. The number of hydrogen-bond donors (Lipinski definition) is 2. The number of benzene rings is 1. The van der Waals surface area contributed by atoms with Crippen LogP contribution in [0.15, 0.2) is 18.2 Å². The maximum absolute atomic E-state index is 13.2. The van der Waals surface area contributed by atoms with E-state index in [0.29, 0.717) is 12.2 Å². The Morgan fingerprint density at radius 1 is 1.42 bits per heavy atom. The molecule has 0 spiro atoms. The SMILES string of the molecule is Cc1n[nH]c(C)c1CNc1cc(F)cc([N+](=O)[O-])c1. The predicted molar refractivity (Wildman–Crippen MR) is 68.4 cm³/mol. The quantitative estimate of drug-likeness (QED) is 0.656. The molecule has 1 heterocycles. The van der Waals surface area contributed by atoms with E-state index in [0.717, 1.165) is 23.0 Å². The third-order valence-electron chi connectivity index (χ3n) is 2.84. The van der Waals surface area contributed by atoms with Crippen molar-refractivity contribution in [2.45, 2.75) is 20.4 Å². The minimum atomic E-state index is -0.641. The van der Waals surface area contributed by atoms with E-state index in [1.807, 2.05) is 13.8 Å². The van der Waals surface area contributed by atoms with Gasteiger partial charge in [-0.3, -0.25) is 15.2 Å². The van der Waals surface area contributed by atoms with Crippen LogP contribution < -0.4 is 5.32 Å². The lowest BCUT2D eigenvalue weighted by Gasteiger charge is -2.07. The molecular formula is C12H13FN4O2. The van der Waals surface area contributed by atoms with Crippen LogP contribution in [0.25, 0.3) is 0 Å². The number of aromatic amines is 1. The van der Waals surface area contributed by atoms with Crippen molar-refractivity contribution in [2.24, 2.45) is 0 Å². The third kappa shape index (κ3) is 2.87. The minimum absolute atomic E-state index is 0.275. The molecule has 7 heteroatoms. The van der Waals surface area contributed by atoms with Crippen LogP contribution in [0.2, 0.25) is 0 Å². The van der Waals surface area contributed by atoms with Crippen molar-refractivity contribution in [1.82, 2.24) is 10.2 Å². The molecule has 1 aromatic heterocycles. The fourth-order valence-corrected chi connectivity index (χ4v) is 1.81. The van der Waals surface area contributed by atoms with Crippen LogP contribution in [0.5, 0.6) is 0 Å². The summed E-state index contributed by atoms with van der Waals surface area (Å²) in [4.78, 5) is 10.0. The van der Waals surface area contributed by atoms with Crippen LogP contribution in [-0.4, -0.2) is 15.1 Å². The maximum Gasteiger partial charge on any atom is 0.274 e. The third-order valence-corrected chi connectivity index (χ3v) is 2.84. The summed E-state index contributed by atoms with van der Waals surface area (Å²) in [6.07, 6.45) is 0. The summed E-state index contributed by atoms with van der Waals surface area (Å²) in [6, 6.07) is 3.41. The summed E-state index contributed by atoms with van der Waals surface area (Å²) < 4.78 is 13.2. The zero-order valence-electron chi connectivity index (χ0n) is 10.5. The summed E-state index contributed by atoms with van der Waals surface area (Å²) in [6.45, 7) is 4.16. The highest BCUT2D eigenvalue weighted by Gasteiger charge is 2.11. The van der Waals surface area contributed by atoms with E-state index >= 15 is 0 Å². The number of aryl methyl sites for hydroxylation is 2. The van der Waals surface area contributed by atoms with Gasteiger partial charge in [-0.2, -0.15) is 5.10 Å². The van der Waals surface area contributed by atoms with E-state index in [2.05, 4.69) is 15.5 Å². The molecule has 0 unspecified atom stereocenters. The molecule has 19 heavy (non-hydrogen) atoms. The summed E-state index contributed by atoms with van der Waals surface area (Å²) in [5.74, 6) is -0.641. The first-order valence-electron chi connectivity index (χ1n) is 5.66. The van der Waals surface area contributed by atoms with Gasteiger partial charge in [0.15, 0.2) is 0 Å². The van der Waals surface area contributed by atoms with Gasteiger partial charge in [-0.1, -0.05) is 0 Å². The van der Waals surface area contributed by atoms with Crippen molar-refractivity contribution >= 4 is 11.4 Å². The Bertz CT molecular complexity index is 605. The number of non-ortho nitro benzene ring substituents is 1. The van der Waals surface area contributed by atoms with Crippen molar-refractivity contribution in [3.63, 3.8) is 0 Å². The van der Waals surface area contributed by atoms with Crippen LogP contribution in [0.3, 0.4) is 0 Å². The number of hydrogen-bond acceptors (Lipinski definition) is 4. The molecule has 0 saturated carbocycles. The highest BCUT2D eigenvalue weighted by atomic mass is 19.1. The van der Waals surface area contributed by atoms with Crippen LogP contribution in [-0.2, 0) is 6.54 Å². The highest BCUT2D eigenvalue weighted by molar-refractivity contribution is 5.52. The molecule has 0 fully saturated rings. The monoisotopic (exact) mass is 264 g/mol. The Labute approximate surface area is 108 Å². The van der Waals surface area contributed by atoms with E-state index in [9.17, 15) is 14.5 Å². The van der Waals surface area contributed by atoms with Gasteiger partial charge in [0.1, 0.15) is 5.82 Å². The second kappa shape index (κ2) is 5.05. The average molecular weight is 264 g/mol. The topological polar surface area (TPSA) is 83.8 Å². The largest absolute Gasteiger partial charge is 0.381 e. The number of nitro groups is 1. The molecule has 2 N–H and O–H groups in total. The minimum Gasteiger partial charge on any atom is -0.381 e. The number of anilines is 1. The van der Waals surface area contributed by atoms with Gasteiger partial charge in [-0.25, -0.2) is 4.39 Å². The summed E-state index contributed by atoms with van der Waals surface area (Å²) in [5.41, 5.74) is 2.81. The van der Waals surface area contributed by atoms with Gasteiger partial charge in [-0.15, -0.1) is 0 Å². The van der Waals surface area contributed by atoms with E-state index in [4.69, 9.17) is 0 Å². The molecule has 0 aliphatic rings. The van der Waals surface area contributed by atoms with Crippen molar-refractivity contribution in [1.29, 1.82) is 0 Å². The number of nitrogens with zero attached hydrogens (tertiary/aromatic N) is 2. The number of halogens is 1. The van der Waals surface area contributed by atoms with E-state index in [1.54, 1.807) is 0 Å². The summed E-state index contributed by atoms with van der Waals surface area (Å²) >= 11 is 0.